The van der Waals surface area contributed by atoms with Crippen molar-refractivity contribution in [1.29, 1.82) is 0 Å². The molecule has 0 aromatic heterocycles. The van der Waals surface area contributed by atoms with Crippen LogP contribution in [0.25, 0.3) is 0 Å². The van der Waals surface area contributed by atoms with E-state index in [0.29, 0.717) is 12.1 Å². The van der Waals surface area contributed by atoms with Gasteiger partial charge in [-0.2, -0.15) is 0 Å². The SMILES string of the molecule is CCC(NC(=O)CN(c1c(C)cccc1C)S(C)(=O)=O)c1ccc(OC)cc1. The predicted octanol–water partition coefficient (Wildman–Crippen LogP) is 3.35. The van der Waals surface area contributed by atoms with Crippen LogP contribution < -0.4 is 14.4 Å². The summed E-state index contributed by atoms with van der Waals surface area (Å²) in [5, 5.41) is 2.95. The Morgan fingerprint density at radius 3 is 2.14 bits per heavy atom. The van der Waals surface area contributed by atoms with Gasteiger partial charge in [0.25, 0.3) is 0 Å². The molecule has 2 aromatic rings. The van der Waals surface area contributed by atoms with E-state index >= 15 is 0 Å². The molecule has 0 saturated heterocycles. The van der Waals surface area contributed by atoms with Crippen LogP contribution in [0.3, 0.4) is 0 Å². The zero-order valence-electron chi connectivity index (χ0n) is 17.0. The third-order valence-electron chi connectivity index (χ3n) is 4.64. The Bertz CT molecular complexity index is 904. The molecule has 1 amide bonds. The van der Waals surface area contributed by atoms with Crippen molar-refractivity contribution in [3.05, 3.63) is 59.2 Å². The first-order chi connectivity index (χ1) is 13.2. The molecular weight excluding hydrogens is 376 g/mol. The standard InChI is InChI=1S/C21H28N2O4S/c1-6-19(17-10-12-18(27-4)13-11-17)22-20(24)14-23(28(5,25)26)21-15(2)8-7-9-16(21)3/h7-13,19H,6,14H2,1-5H3,(H,22,24). The number of nitrogens with zero attached hydrogens (tertiary/aromatic N) is 1. The van der Waals surface area contributed by atoms with Gasteiger partial charge in [-0.15, -0.1) is 0 Å². The number of methoxy groups -OCH3 is 1. The molecule has 1 N–H and O–H groups in total. The fraction of sp³-hybridized carbons (Fsp3) is 0.381. The Morgan fingerprint density at radius 1 is 1.11 bits per heavy atom. The lowest BCUT2D eigenvalue weighted by atomic mass is 10.0. The molecule has 1 atom stereocenters. The molecule has 1 unspecified atom stereocenters. The van der Waals surface area contributed by atoms with Gasteiger partial charge in [0.2, 0.25) is 15.9 Å². The molecule has 0 spiro atoms. The molecule has 0 heterocycles. The summed E-state index contributed by atoms with van der Waals surface area (Å²) in [6, 6.07) is 12.8. The number of ether oxygens (including phenoxy) is 1. The highest BCUT2D eigenvalue weighted by Gasteiger charge is 2.25. The number of amides is 1. The summed E-state index contributed by atoms with van der Waals surface area (Å²) in [7, 11) is -2.02. The van der Waals surface area contributed by atoms with Crippen LogP contribution in [-0.4, -0.2) is 34.2 Å². The number of anilines is 1. The minimum absolute atomic E-state index is 0.210. The summed E-state index contributed by atoms with van der Waals surface area (Å²) in [6.07, 6.45) is 1.80. The van der Waals surface area contributed by atoms with Gasteiger partial charge >= 0.3 is 0 Å². The molecule has 0 bridgehead atoms. The first kappa shape index (κ1) is 21.8. The molecule has 0 aliphatic carbocycles. The number of carbonyl (C=O) groups is 1. The Kier molecular flexibility index (Phi) is 7.07. The Hall–Kier alpha value is -2.54. The second-order valence-electron chi connectivity index (χ2n) is 6.81. The molecule has 2 rings (SSSR count). The summed E-state index contributed by atoms with van der Waals surface area (Å²) >= 11 is 0. The molecule has 152 valence electrons. The van der Waals surface area contributed by atoms with Gasteiger partial charge in [-0.25, -0.2) is 8.42 Å². The van der Waals surface area contributed by atoms with E-state index in [4.69, 9.17) is 4.74 Å². The predicted molar refractivity (Wildman–Crippen MR) is 112 cm³/mol. The first-order valence-corrected chi connectivity index (χ1v) is 11.0. The van der Waals surface area contributed by atoms with Crippen molar-refractivity contribution in [2.24, 2.45) is 0 Å². The Labute approximate surface area is 167 Å². The number of hydrogen-bond donors (Lipinski definition) is 1. The highest BCUT2D eigenvalue weighted by atomic mass is 32.2. The monoisotopic (exact) mass is 404 g/mol. The second-order valence-corrected chi connectivity index (χ2v) is 8.72. The van der Waals surface area contributed by atoms with E-state index in [1.165, 1.54) is 4.31 Å². The fourth-order valence-electron chi connectivity index (χ4n) is 3.19. The Morgan fingerprint density at radius 2 is 1.68 bits per heavy atom. The van der Waals surface area contributed by atoms with Crippen molar-refractivity contribution >= 4 is 21.6 Å². The average Bonchev–Trinajstić information content (AvgIpc) is 2.64. The largest absolute Gasteiger partial charge is 0.497 e. The lowest BCUT2D eigenvalue weighted by molar-refractivity contribution is -0.120. The molecule has 6 nitrogen and oxygen atoms in total. The van der Waals surface area contributed by atoms with Crippen LogP contribution in [0.2, 0.25) is 0 Å². The van der Waals surface area contributed by atoms with Gasteiger partial charge in [0, 0.05) is 0 Å². The molecule has 0 aliphatic rings. The van der Waals surface area contributed by atoms with E-state index in [9.17, 15) is 13.2 Å². The number of sulfonamides is 1. The average molecular weight is 405 g/mol. The molecule has 0 saturated carbocycles. The highest BCUT2D eigenvalue weighted by Crippen LogP contribution is 2.27. The van der Waals surface area contributed by atoms with Gasteiger partial charge in [0.05, 0.1) is 25.1 Å². The quantitative estimate of drug-likeness (QED) is 0.732. The maximum atomic E-state index is 12.7. The number of rotatable bonds is 8. The molecule has 28 heavy (non-hydrogen) atoms. The fourth-order valence-corrected chi connectivity index (χ4v) is 4.16. The zero-order chi connectivity index (χ0) is 20.9. The number of aryl methyl sites for hydroxylation is 2. The number of benzene rings is 2. The summed E-state index contributed by atoms with van der Waals surface area (Å²) in [4.78, 5) is 12.7. The van der Waals surface area contributed by atoms with E-state index in [1.807, 2.05) is 63.2 Å². The maximum Gasteiger partial charge on any atom is 0.241 e. The summed E-state index contributed by atoms with van der Waals surface area (Å²) in [5.41, 5.74) is 3.10. The smallest absolute Gasteiger partial charge is 0.241 e. The van der Waals surface area contributed by atoms with Crippen LogP contribution in [0.4, 0.5) is 5.69 Å². The molecule has 0 radical (unpaired) electrons. The molecular formula is C21H28N2O4S. The van der Waals surface area contributed by atoms with Crippen molar-refractivity contribution in [1.82, 2.24) is 5.32 Å². The van der Waals surface area contributed by atoms with Gasteiger partial charge < -0.3 is 10.1 Å². The lowest BCUT2D eigenvalue weighted by Crippen LogP contribution is -2.42. The van der Waals surface area contributed by atoms with Crippen molar-refractivity contribution in [2.75, 3.05) is 24.2 Å². The normalized spacial score (nSPS) is 12.3. The minimum Gasteiger partial charge on any atom is -0.497 e. The van der Waals surface area contributed by atoms with E-state index in [1.54, 1.807) is 7.11 Å². The van der Waals surface area contributed by atoms with Crippen molar-refractivity contribution in [2.45, 2.75) is 33.2 Å². The second kappa shape index (κ2) is 9.10. The molecule has 0 fully saturated rings. The number of hydrogen-bond acceptors (Lipinski definition) is 4. The zero-order valence-corrected chi connectivity index (χ0v) is 17.8. The van der Waals surface area contributed by atoms with Crippen LogP contribution >= 0.6 is 0 Å². The van der Waals surface area contributed by atoms with Crippen LogP contribution in [0.1, 0.15) is 36.1 Å². The maximum absolute atomic E-state index is 12.7. The van der Waals surface area contributed by atoms with E-state index < -0.39 is 10.0 Å². The van der Waals surface area contributed by atoms with Gasteiger partial charge in [0.1, 0.15) is 12.3 Å². The van der Waals surface area contributed by atoms with E-state index in [0.717, 1.165) is 28.7 Å². The number of para-hydroxylation sites is 1. The molecule has 7 heteroatoms. The summed E-state index contributed by atoms with van der Waals surface area (Å²) in [5.74, 6) is 0.388. The van der Waals surface area contributed by atoms with Crippen molar-refractivity contribution < 1.29 is 17.9 Å². The first-order valence-electron chi connectivity index (χ1n) is 9.14. The van der Waals surface area contributed by atoms with Gasteiger partial charge in [-0.05, 0) is 49.1 Å². The van der Waals surface area contributed by atoms with Crippen LogP contribution in [0.5, 0.6) is 5.75 Å². The van der Waals surface area contributed by atoms with E-state index in [-0.39, 0.29) is 18.5 Å². The topological polar surface area (TPSA) is 75.7 Å². The van der Waals surface area contributed by atoms with Gasteiger partial charge in [-0.1, -0.05) is 37.3 Å². The molecule has 0 aliphatic heterocycles. The van der Waals surface area contributed by atoms with Crippen LogP contribution in [-0.2, 0) is 14.8 Å². The van der Waals surface area contributed by atoms with Crippen LogP contribution in [0, 0.1) is 13.8 Å². The Balaban J connectivity index is 2.23. The van der Waals surface area contributed by atoms with Gasteiger partial charge in [0.15, 0.2) is 0 Å². The van der Waals surface area contributed by atoms with E-state index in [2.05, 4.69) is 5.32 Å². The lowest BCUT2D eigenvalue weighted by Gasteiger charge is -2.26. The summed E-state index contributed by atoms with van der Waals surface area (Å²) < 4.78 is 31.1. The van der Waals surface area contributed by atoms with Crippen molar-refractivity contribution in [3.8, 4) is 5.75 Å². The van der Waals surface area contributed by atoms with Gasteiger partial charge in [-0.3, -0.25) is 9.10 Å². The highest BCUT2D eigenvalue weighted by molar-refractivity contribution is 7.92. The minimum atomic E-state index is -3.62. The molecule has 2 aromatic carbocycles. The third kappa shape index (κ3) is 5.25. The van der Waals surface area contributed by atoms with Crippen LogP contribution in [0.15, 0.2) is 42.5 Å². The number of carbonyl (C=O) groups excluding carboxylic acids is 1. The third-order valence-corrected chi connectivity index (χ3v) is 5.75. The number of nitrogens with one attached hydrogen (secondary N) is 1. The van der Waals surface area contributed by atoms with Crippen molar-refractivity contribution in [3.63, 3.8) is 0 Å². The summed E-state index contributed by atoms with van der Waals surface area (Å²) in [6.45, 7) is 5.38.